The second-order valence-electron chi connectivity index (χ2n) is 3.98. The molecular weight excluding hydrogens is 259 g/mol. The summed E-state index contributed by atoms with van der Waals surface area (Å²) in [7, 11) is 0. The van der Waals surface area contributed by atoms with Gasteiger partial charge in [0.1, 0.15) is 0 Å². The summed E-state index contributed by atoms with van der Waals surface area (Å²) in [4.78, 5) is 2.34. The zero-order valence-corrected chi connectivity index (χ0v) is 11.6. The Morgan fingerprint density at radius 2 is 1.88 bits per heavy atom. The number of halogens is 2. The molecule has 98 valence electrons. The maximum atomic E-state index is 5.87. The molecule has 0 radical (unpaired) electrons. The molecule has 1 fully saturated rings. The monoisotopic (exact) mass is 278 g/mol. The van der Waals surface area contributed by atoms with Crippen LogP contribution >= 0.6 is 24.8 Å². The van der Waals surface area contributed by atoms with Crippen LogP contribution < -0.4 is 10.6 Å². The van der Waals surface area contributed by atoms with Crippen LogP contribution in [0.25, 0.3) is 0 Å². The highest BCUT2D eigenvalue weighted by Gasteiger charge is 2.11. The van der Waals surface area contributed by atoms with Crippen LogP contribution in [0, 0.1) is 0 Å². The van der Waals surface area contributed by atoms with Crippen LogP contribution in [0.1, 0.15) is 18.5 Å². The molecule has 1 saturated heterocycles. The number of anilines is 1. The molecule has 1 aliphatic rings. The third-order valence-electron chi connectivity index (χ3n) is 2.77. The average Bonchev–Trinajstić information content (AvgIpc) is 2.30. The van der Waals surface area contributed by atoms with Gasteiger partial charge in [0.15, 0.2) is 0 Å². The van der Waals surface area contributed by atoms with E-state index in [1.54, 1.807) is 0 Å². The maximum absolute atomic E-state index is 5.87. The Labute approximate surface area is 115 Å². The summed E-state index contributed by atoms with van der Waals surface area (Å²) in [6.45, 7) is 5.61. The van der Waals surface area contributed by atoms with Gasteiger partial charge in [-0.25, -0.2) is 0 Å². The van der Waals surface area contributed by atoms with Crippen LogP contribution in [0.4, 0.5) is 5.69 Å². The number of benzene rings is 1. The van der Waals surface area contributed by atoms with Crippen LogP contribution in [0.5, 0.6) is 0 Å². The SMILES string of the molecule is C[C@H](N)c1cccc(N2CCOCC2)c1.Cl.Cl. The van der Waals surface area contributed by atoms with E-state index in [-0.39, 0.29) is 30.9 Å². The van der Waals surface area contributed by atoms with Gasteiger partial charge in [-0.1, -0.05) is 12.1 Å². The summed E-state index contributed by atoms with van der Waals surface area (Å²) in [5, 5.41) is 0. The average molecular weight is 279 g/mol. The molecule has 5 heteroatoms. The van der Waals surface area contributed by atoms with E-state index in [0.717, 1.165) is 26.3 Å². The molecule has 1 heterocycles. The van der Waals surface area contributed by atoms with E-state index in [1.165, 1.54) is 11.3 Å². The molecule has 0 amide bonds. The van der Waals surface area contributed by atoms with Crippen LogP contribution in [0.3, 0.4) is 0 Å². The molecule has 17 heavy (non-hydrogen) atoms. The van der Waals surface area contributed by atoms with Gasteiger partial charge in [0.2, 0.25) is 0 Å². The second-order valence-corrected chi connectivity index (χ2v) is 3.98. The van der Waals surface area contributed by atoms with Crippen molar-refractivity contribution in [3.63, 3.8) is 0 Å². The first-order chi connectivity index (χ1) is 7.27. The zero-order chi connectivity index (χ0) is 10.7. The van der Waals surface area contributed by atoms with Gasteiger partial charge in [0, 0.05) is 24.8 Å². The van der Waals surface area contributed by atoms with Crippen LogP contribution in [-0.4, -0.2) is 26.3 Å². The molecule has 2 N–H and O–H groups in total. The summed E-state index contributed by atoms with van der Waals surface area (Å²) in [6, 6.07) is 8.57. The molecule has 1 atom stereocenters. The number of rotatable bonds is 2. The van der Waals surface area contributed by atoms with Crippen molar-refractivity contribution in [1.29, 1.82) is 0 Å². The highest BCUT2D eigenvalue weighted by Crippen LogP contribution is 2.20. The lowest BCUT2D eigenvalue weighted by atomic mass is 10.1. The summed E-state index contributed by atoms with van der Waals surface area (Å²) in [6.07, 6.45) is 0. The third kappa shape index (κ3) is 4.36. The molecule has 3 nitrogen and oxygen atoms in total. The van der Waals surface area contributed by atoms with E-state index in [9.17, 15) is 0 Å². The van der Waals surface area contributed by atoms with Crippen molar-refractivity contribution in [2.75, 3.05) is 31.2 Å². The fourth-order valence-electron chi connectivity index (χ4n) is 1.83. The molecule has 0 saturated carbocycles. The number of nitrogens with two attached hydrogens (primary N) is 1. The summed E-state index contributed by atoms with van der Waals surface area (Å²) in [5.41, 5.74) is 8.32. The van der Waals surface area contributed by atoms with Crippen molar-refractivity contribution in [3.8, 4) is 0 Å². The molecule has 0 unspecified atom stereocenters. The Balaban J connectivity index is 0.00000128. The van der Waals surface area contributed by atoms with Crippen LogP contribution in [0.2, 0.25) is 0 Å². The molecular formula is C12H20Cl2N2O. The number of ether oxygens (including phenoxy) is 1. The van der Waals surface area contributed by atoms with Gasteiger partial charge in [-0.15, -0.1) is 24.8 Å². The highest BCUT2D eigenvalue weighted by molar-refractivity contribution is 5.85. The first-order valence-electron chi connectivity index (χ1n) is 5.45. The van der Waals surface area contributed by atoms with Gasteiger partial charge in [-0.05, 0) is 24.6 Å². The summed E-state index contributed by atoms with van der Waals surface area (Å²) in [5.74, 6) is 0. The van der Waals surface area contributed by atoms with Crippen molar-refractivity contribution >= 4 is 30.5 Å². The molecule has 1 aliphatic heterocycles. The van der Waals surface area contributed by atoms with Crippen molar-refractivity contribution < 1.29 is 4.74 Å². The Morgan fingerprint density at radius 3 is 2.47 bits per heavy atom. The van der Waals surface area contributed by atoms with Crippen molar-refractivity contribution in [1.82, 2.24) is 0 Å². The topological polar surface area (TPSA) is 38.5 Å². The fourth-order valence-corrected chi connectivity index (χ4v) is 1.83. The smallest absolute Gasteiger partial charge is 0.0642 e. The van der Waals surface area contributed by atoms with Crippen molar-refractivity contribution in [2.45, 2.75) is 13.0 Å². The maximum Gasteiger partial charge on any atom is 0.0642 e. The third-order valence-corrected chi connectivity index (χ3v) is 2.77. The number of morpholine rings is 1. The predicted molar refractivity (Wildman–Crippen MR) is 76.6 cm³/mol. The van der Waals surface area contributed by atoms with Gasteiger partial charge < -0.3 is 15.4 Å². The normalized spacial score (nSPS) is 16.7. The summed E-state index contributed by atoms with van der Waals surface area (Å²) < 4.78 is 5.33. The van der Waals surface area contributed by atoms with Crippen LogP contribution in [-0.2, 0) is 4.74 Å². The van der Waals surface area contributed by atoms with Gasteiger partial charge in [-0.2, -0.15) is 0 Å². The first-order valence-corrected chi connectivity index (χ1v) is 5.45. The molecule has 0 aliphatic carbocycles. The lowest BCUT2D eigenvalue weighted by molar-refractivity contribution is 0.122. The molecule has 0 bridgehead atoms. The van der Waals surface area contributed by atoms with Gasteiger partial charge >= 0.3 is 0 Å². The Kier molecular flexibility index (Phi) is 7.55. The van der Waals surface area contributed by atoms with E-state index in [1.807, 2.05) is 6.92 Å². The Bertz CT molecular complexity index is 328. The largest absolute Gasteiger partial charge is 0.378 e. The number of hydrogen-bond donors (Lipinski definition) is 1. The first kappa shape index (κ1) is 16.5. The Morgan fingerprint density at radius 1 is 1.24 bits per heavy atom. The van der Waals surface area contributed by atoms with E-state index in [4.69, 9.17) is 10.5 Å². The van der Waals surface area contributed by atoms with Gasteiger partial charge in [0.25, 0.3) is 0 Å². The van der Waals surface area contributed by atoms with E-state index >= 15 is 0 Å². The number of nitrogens with zero attached hydrogens (tertiary/aromatic N) is 1. The van der Waals surface area contributed by atoms with Gasteiger partial charge in [0.05, 0.1) is 13.2 Å². The molecule has 0 spiro atoms. The zero-order valence-electron chi connectivity index (χ0n) is 9.96. The summed E-state index contributed by atoms with van der Waals surface area (Å²) >= 11 is 0. The fraction of sp³-hybridized carbons (Fsp3) is 0.500. The lowest BCUT2D eigenvalue weighted by Crippen LogP contribution is -2.36. The predicted octanol–water partition coefficient (Wildman–Crippen LogP) is 2.39. The number of hydrogen-bond acceptors (Lipinski definition) is 3. The van der Waals surface area contributed by atoms with Crippen molar-refractivity contribution in [2.24, 2.45) is 5.73 Å². The molecule has 0 aromatic heterocycles. The van der Waals surface area contributed by atoms with E-state index < -0.39 is 0 Å². The minimum absolute atomic E-state index is 0. The minimum atomic E-state index is 0. The minimum Gasteiger partial charge on any atom is -0.378 e. The molecule has 2 rings (SSSR count). The Hall–Kier alpha value is -0.480. The van der Waals surface area contributed by atoms with E-state index in [0.29, 0.717) is 0 Å². The van der Waals surface area contributed by atoms with Gasteiger partial charge in [-0.3, -0.25) is 0 Å². The second kappa shape index (κ2) is 7.77. The van der Waals surface area contributed by atoms with E-state index in [2.05, 4.69) is 29.2 Å². The standard InChI is InChI=1S/C12H18N2O.2ClH/c1-10(13)11-3-2-4-12(9-11)14-5-7-15-8-6-14;;/h2-4,9-10H,5-8,13H2,1H3;2*1H/t10-;;/m0../s1. The quantitative estimate of drug-likeness (QED) is 0.903. The molecule has 1 aromatic rings. The van der Waals surface area contributed by atoms with Crippen LogP contribution in [0.15, 0.2) is 24.3 Å². The molecule has 1 aromatic carbocycles. The van der Waals surface area contributed by atoms with Crippen molar-refractivity contribution in [3.05, 3.63) is 29.8 Å². The lowest BCUT2D eigenvalue weighted by Gasteiger charge is -2.29. The highest BCUT2D eigenvalue weighted by atomic mass is 35.5.